The maximum Gasteiger partial charge on any atom is 0.307 e. The van der Waals surface area contributed by atoms with Crippen LogP contribution in [0.1, 0.15) is 36.5 Å². The van der Waals surface area contributed by atoms with Crippen molar-refractivity contribution in [3.8, 4) is 0 Å². The molecule has 1 saturated carbocycles. The smallest absolute Gasteiger partial charge is 0.307 e. The van der Waals surface area contributed by atoms with Gasteiger partial charge in [0.05, 0.1) is 18.6 Å². The van der Waals surface area contributed by atoms with Gasteiger partial charge in [0.2, 0.25) is 0 Å². The Hall–Kier alpha value is -1.62. The van der Waals surface area contributed by atoms with Gasteiger partial charge in [-0.05, 0) is 38.0 Å². The van der Waals surface area contributed by atoms with Crippen molar-refractivity contribution in [2.45, 2.75) is 32.2 Å². The summed E-state index contributed by atoms with van der Waals surface area (Å²) in [6, 6.07) is 4.06. The SMILES string of the molecule is CCOC(=O)CCN(C(=O)c1ccc(Cl)cc1F)C1CC1. The molecular weight excluding hydrogens is 297 g/mol. The Kier molecular flexibility index (Phi) is 5.17. The van der Waals surface area contributed by atoms with Crippen molar-refractivity contribution in [2.75, 3.05) is 13.2 Å². The van der Waals surface area contributed by atoms with Crippen LogP contribution in [0.3, 0.4) is 0 Å². The van der Waals surface area contributed by atoms with Crippen molar-refractivity contribution >= 4 is 23.5 Å². The molecular formula is C15H17ClFNO3. The monoisotopic (exact) mass is 313 g/mol. The first-order chi connectivity index (χ1) is 10.0. The maximum atomic E-state index is 13.8. The molecule has 0 saturated heterocycles. The lowest BCUT2D eigenvalue weighted by molar-refractivity contribution is -0.143. The summed E-state index contributed by atoms with van der Waals surface area (Å²) in [6.45, 7) is 2.28. The molecule has 1 aromatic rings. The minimum Gasteiger partial charge on any atom is -0.466 e. The van der Waals surface area contributed by atoms with Crippen LogP contribution in [0.2, 0.25) is 5.02 Å². The first-order valence-electron chi connectivity index (χ1n) is 6.94. The Morgan fingerprint density at radius 3 is 2.71 bits per heavy atom. The fourth-order valence-corrected chi connectivity index (χ4v) is 2.26. The fraction of sp³-hybridized carbons (Fsp3) is 0.467. The average molecular weight is 314 g/mol. The van der Waals surface area contributed by atoms with Crippen LogP contribution in [0.4, 0.5) is 4.39 Å². The normalized spacial score (nSPS) is 13.9. The Balaban J connectivity index is 2.07. The predicted molar refractivity (Wildman–Crippen MR) is 76.7 cm³/mol. The third kappa shape index (κ3) is 4.17. The zero-order valence-electron chi connectivity index (χ0n) is 11.8. The van der Waals surface area contributed by atoms with Gasteiger partial charge in [0, 0.05) is 17.6 Å². The van der Waals surface area contributed by atoms with E-state index >= 15 is 0 Å². The van der Waals surface area contributed by atoms with Gasteiger partial charge in [0.15, 0.2) is 0 Å². The van der Waals surface area contributed by atoms with Gasteiger partial charge in [0.25, 0.3) is 5.91 Å². The quantitative estimate of drug-likeness (QED) is 0.758. The Labute approximate surface area is 127 Å². The first-order valence-corrected chi connectivity index (χ1v) is 7.32. The second-order valence-corrected chi connectivity index (χ2v) is 5.35. The van der Waals surface area contributed by atoms with Crippen LogP contribution in [0.5, 0.6) is 0 Å². The number of carbonyl (C=O) groups excluding carboxylic acids is 2. The van der Waals surface area contributed by atoms with E-state index in [4.69, 9.17) is 16.3 Å². The molecule has 0 spiro atoms. The molecule has 0 N–H and O–H groups in total. The number of hydrogen-bond acceptors (Lipinski definition) is 3. The number of ether oxygens (including phenoxy) is 1. The molecule has 1 aliphatic carbocycles. The Morgan fingerprint density at radius 2 is 2.14 bits per heavy atom. The average Bonchev–Trinajstić information content (AvgIpc) is 3.23. The molecule has 21 heavy (non-hydrogen) atoms. The highest BCUT2D eigenvalue weighted by molar-refractivity contribution is 6.30. The van der Waals surface area contributed by atoms with Gasteiger partial charge in [-0.3, -0.25) is 9.59 Å². The lowest BCUT2D eigenvalue weighted by atomic mass is 10.1. The first kappa shape index (κ1) is 15.8. The number of rotatable bonds is 6. The van der Waals surface area contributed by atoms with E-state index in [1.54, 1.807) is 11.8 Å². The molecule has 1 aromatic carbocycles. The number of nitrogens with zero attached hydrogens (tertiary/aromatic N) is 1. The highest BCUT2D eigenvalue weighted by Crippen LogP contribution is 2.29. The number of halogens is 2. The summed E-state index contributed by atoms with van der Waals surface area (Å²) >= 11 is 5.69. The highest BCUT2D eigenvalue weighted by atomic mass is 35.5. The summed E-state index contributed by atoms with van der Waals surface area (Å²) in [5.74, 6) is -1.40. The number of esters is 1. The number of benzene rings is 1. The summed E-state index contributed by atoms with van der Waals surface area (Å²) in [5.41, 5.74) is -0.0184. The summed E-state index contributed by atoms with van der Waals surface area (Å²) in [4.78, 5) is 25.4. The van der Waals surface area contributed by atoms with Crippen molar-refractivity contribution < 1.29 is 18.7 Å². The van der Waals surface area contributed by atoms with Crippen LogP contribution in [0.25, 0.3) is 0 Å². The predicted octanol–water partition coefficient (Wildman–Crippen LogP) is 3.04. The Bertz CT molecular complexity index is 546. The topological polar surface area (TPSA) is 46.6 Å². The molecule has 0 aromatic heterocycles. The van der Waals surface area contributed by atoms with Gasteiger partial charge in [-0.25, -0.2) is 4.39 Å². The number of amides is 1. The third-order valence-corrected chi connectivity index (χ3v) is 3.51. The van der Waals surface area contributed by atoms with Crippen molar-refractivity contribution in [1.29, 1.82) is 0 Å². The van der Waals surface area contributed by atoms with Crippen LogP contribution < -0.4 is 0 Å². The molecule has 0 heterocycles. The summed E-state index contributed by atoms with van der Waals surface area (Å²) < 4.78 is 18.7. The van der Waals surface area contributed by atoms with Crippen molar-refractivity contribution in [1.82, 2.24) is 4.90 Å². The number of carbonyl (C=O) groups is 2. The molecule has 0 aliphatic heterocycles. The van der Waals surface area contributed by atoms with E-state index < -0.39 is 11.7 Å². The Morgan fingerprint density at radius 1 is 1.43 bits per heavy atom. The lowest BCUT2D eigenvalue weighted by Crippen LogP contribution is -2.35. The van der Waals surface area contributed by atoms with Crippen LogP contribution in [-0.4, -0.2) is 36.0 Å². The molecule has 4 nitrogen and oxygen atoms in total. The fourth-order valence-electron chi connectivity index (χ4n) is 2.10. The zero-order chi connectivity index (χ0) is 15.4. The maximum absolute atomic E-state index is 13.8. The molecule has 0 atom stereocenters. The van der Waals surface area contributed by atoms with E-state index in [0.29, 0.717) is 6.61 Å². The van der Waals surface area contributed by atoms with E-state index in [1.165, 1.54) is 12.1 Å². The molecule has 6 heteroatoms. The van der Waals surface area contributed by atoms with E-state index in [9.17, 15) is 14.0 Å². The van der Waals surface area contributed by atoms with Gasteiger partial charge in [-0.2, -0.15) is 0 Å². The van der Waals surface area contributed by atoms with Crippen LogP contribution in [-0.2, 0) is 9.53 Å². The minimum absolute atomic E-state index is 0.0184. The molecule has 0 radical (unpaired) electrons. The largest absolute Gasteiger partial charge is 0.466 e. The van der Waals surface area contributed by atoms with Crippen LogP contribution in [0, 0.1) is 5.82 Å². The van der Waals surface area contributed by atoms with Gasteiger partial charge < -0.3 is 9.64 Å². The van der Waals surface area contributed by atoms with Crippen LogP contribution in [0.15, 0.2) is 18.2 Å². The lowest BCUT2D eigenvalue weighted by Gasteiger charge is -2.22. The van der Waals surface area contributed by atoms with Gasteiger partial charge in [-0.15, -0.1) is 0 Å². The minimum atomic E-state index is -0.644. The molecule has 0 unspecified atom stereocenters. The summed E-state index contributed by atoms with van der Waals surface area (Å²) in [6.07, 6.45) is 1.87. The molecule has 2 rings (SSSR count). The van der Waals surface area contributed by atoms with Gasteiger partial charge in [0.1, 0.15) is 5.82 Å². The molecule has 114 valence electrons. The van der Waals surface area contributed by atoms with Crippen molar-refractivity contribution in [2.24, 2.45) is 0 Å². The standard InChI is InChI=1S/C15H17ClFNO3/c1-2-21-14(19)7-8-18(11-4-5-11)15(20)12-6-3-10(16)9-13(12)17/h3,6,9,11H,2,4-5,7-8H2,1H3. The van der Waals surface area contributed by atoms with E-state index in [1.807, 2.05) is 0 Å². The number of hydrogen-bond donors (Lipinski definition) is 0. The second-order valence-electron chi connectivity index (χ2n) is 4.91. The zero-order valence-corrected chi connectivity index (χ0v) is 12.5. The van der Waals surface area contributed by atoms with E-state index in [-0.39, 0.29) is 35.6 Å². The molecule has 1 aliphatic rings. The third-order valence-electron chi connectivity index (χ3n) is 3.27. The summed E-state index contributed by atoms with van der Waals surface area (Å²) in [5, 5.41) is 0.244. The highest BCUT2D eigenvalue weighted by Gasteiger charge is 2.34. The van der Waals surface area contributed by atoms with Crippen molar-refractivity contribution in [3.05, 3.63) is 34.6 Å². The summed E-state index contributed by atoms with van der Waals surface area (Å²) in [7, 11) is 0. The molecule has 1 fully saturated rings. The van der Waals surface area contributed by atoms with Crippen molar-refractivity contribution in [3.63, 3.8) is 0 Å². The van der Waals surface area contributed by atoms with E-state index in [0.717, 1.165) is 18.9 Å². The molecule has 1 amide bonds. The van der Waals surface area contributed by atoms with Gasteiger partial charge >= 0.3 is 5.97 Å². The van der Waals surface area contributed by atoms with E-state index in [2.05, 4.69) is 0 Å². The second kappa shape index (κ2) is 6.89. The molecule has 0 bridgehead atoms. The van der Waals surface area contributed by atoms with Gasteiger partial charge in [-0.1, -0.05) is 11.6 Å². The van der Waals surface area contributed by atoms with Crippen LogP contribution >= 0.6 is 11.6 Å².